The Kier molecular flexibility index (Phi) is 6.79. The minimum atomic E-state index is -0.615. The van der Waals surface area contributed by atoms with E-state index >= 15 is 0 Å². The van der Waals surface area contributed by atoms with Crippen LogP contribution in [-0.2, 0) is 11.3 Å². The van der Waals surface area contributed by atoms with Crippen LogP contribution in [0, 0.1) is 5.82 Å². The molecule has 10 heteroatoms. The summed E-state index contributed by atoms with van der Waals surface area (Å²) in [7, 11) is 1.61. The second-order valence-electron chi connectivity index (χ2n) is 8.87. The van der Waals surface area contributed by atoms with Crippen LogP contribution in [0.3, 0.4) is 0 Å². The minimum absolute atomic E-state index is 0.188. The Labute approximate surface area is 207 Å². The van der Waals surface area contributed by atoms with Gasteiger partial charge in [0.1, 0.15) is 41.4 Å². The zero-order valence-corrected chi connectivity index (χ0v) is 20.5. The third-order valence-corrected chi connectivity index (χ3v) is 5.21. The molecule has 2 heterocycles. The molecule has 1 amide bonds. The second kappa shape index (κ2) is 9.79. The summed E-state index contributed by atoms with van der Waals surface area (Å²) in [5.41, 5.74) is 1.99. The average molecular weight is 498 g/mol. The molecule has 4 rings (SSSR count). The number of benzene rings is 2. The molecule has 0 aliphatic carbocycles. The summed E-state index contributed by atoms with van der Waals surface area (Å²) < 4.78 is 24.5. The quantitative estimate of drug-likeness (QED) is 0.318. The summed E-state index contributed by atoms with van der Waals surface area (Å²) >= 11 is 6.41. The maximum Gasteiger partial charge on any atom is 0.415 e. The van der Waals surface area contributed by atoms with Crippen molar-refractivity contribution in [3.8, 4) is 5.75 Å². The number of ether oxygens (including phenoxy) is 2. The van der Waals surface area contributed by atoms with Crippen molar-refractivity contribution < 1.29 is 18.7 Å². The van der Waals surface area contributed by atoms with Crippen molar-refractivity contribution in [1.82, 2.24) is 15.0 Å². The first kappa shape index (κ1) is 24.3. The van der Waals surface area contributed by atoms with E-state index in [4.69, 9.17) is 21.1 Å². The molecule has 0 radical (unpaired) electrons. The largest absolute Gasteiger partial charge is 0.487 e. The third-order valence-electron chi connectivity index (χ3n) is 4.91. The molecule has 182 valence electrons. The van der Waals surface area contributed by atoms with Crippen LogP contribution in [0.5, 0.6) is 5.75 Å². The molecule has 2 N–H and O–H groups in total. The highest BCUT2D eigenvalue weighted by Gasteiger charge is 2.22. The fourth-order valence-corrected chi connectivity index (χ4v) is 3.49. The molecular weight excluding hydrogens is 473 g/mol. The number of halogens is 2. The fourth-order valence-electron chi connectivity index (χ4n) is 3.25. The van der Waals surface area contributed by atoms with Crippen molar-refractivity contribution in [3.63, 3.8) is 0 Å². The van der Waals surface area contributed by atoms with Crippen LogP contribution < -0.4 is 15.0 Å². The highest BCUT2D eigenvalue weighted by Crippen LogP contribution is 2.32. The summed E-state index contributed by atoms with van der Waals surface area (Å²) in [5, 5.41) is 3.59. The van der Waals surface area contributed by atoms with E-state index in [1.165, 1.54) is 23.4 Å². The van der Waals surface area contributed by atoms with Gasteiger partial charge >= 0.3 is 6.09 Å². The van der Waals surface area contributed by atoms with Crippen LogP contribution in [0.15, 0.2) is 54.9 Å². The van der Waals surface area contributed by atoms with Gasteiger partial charge in [-0.15, -0.1) is 0 Å². The summed E-state index contributed by atoms with van der Waals surface area (Å²) in [6.07, 6.45) is 0.931. The lowest BCUT2D eigenvalue weighted by Crippen LogP contribution is -2.34. The van der Waals surface area contributed by atoms with Crippen LogP contribution in [-0.4, -0.2) is 33.7 Å². The van der Waals surface area contributed by atoms with Crippen molar-refractivity contribution in [2.24, 2.45) is 0 Å². The fraction of sp³-hybridized carbons (Fsp3) is 0.240. The van der Waals surface area contributed by atoms with Crippen molar-refractivity contribution in [3.05, 3.63) is 71.3 Å². The van der Waals surface area contributed by atoms with Crippen molar-refractivity contribution in [2.45, 2.75) is 33.0 Å². The van der Waals surface area contributed by atoms with Crippen LogP contribution in [0.4, 0.5) is 26.5 Å². The molecule has 0 saturated carbocycles. The van der Waals surface area contributed by atoms with E-state index in [9.17, 15) is 9.18 Å². The molecule has 0 bridgehead atoms. The summed E-state index contributed by atoms with van der Waals surface area (Å²) in [5.74, 6) is 1.16. The van der Waals surface area contributed by atoms with Gasteiger partial charge in [0.25, 0.3) is 0 Å². The standard InChI is InChI=1S/C25H25ClFN5O3/c1-25(2,3)35-24(33)32(4)21-12-19-22(31-21)23(29-14-28-19)30-17-8-9-20(18(26)11-17)34-13-15-6-5-7-16(27)10-15/h5-12,14,31H,13H2,1-4H3,(H,28,29,30). The highest BCUT2D eigenvalue weighted by atomic mass is 35.5. The third kappa shape index (κ3) is 5.99. The zero-order chi connectivity index (χ0) is 25.2. The van der Waals surface area contributed by atoms with Gasteiger partial charge in [0.05, 0.1) is 10.5 Å². The number of carbonyl (C=O) groups excluding carboxylic acids is 1. The minimum Gasteiger partial charge on any atom is -0.487 e. The first-order valence-electron chi connectivity index (χ1n) is 10.8. The van der Waals surface area contributed by atoms with Gasteiger partial charge in [-0.25, -0.2) is 19.2 Å². The summed E-state index contributed by atoms with van der Waals surface area (Å²) in [4.78, 5) is 25.6. The molecule has 35 heavy (non-hydrogen) atoms. The number of hydrogen-bond donors (Lipinski definition) is 2. The van der Waals surface area contributed by atoms with Gasteiger partial charge in [-0.1, -0.05) is 23.7 Å². The lowest BCUT2D eigenvalue weighted by Gasteiger charge is -2.23. The lowest BCUT2D eigenvalue weighted by atomic mass is 10.2. The number of amides is 1. The first-order valence-corrected chi connectivity index (χ1v) is 11.2. The Hall–Kier alpha value is -3.85. The van der Waals surface area contributed by atoms with Gasteiger partial charge in [0, 0.05) is 18.8 Å². The Morgan fingerprint density at radius 1 is 1.17 bits per heavy atom. The Balaban J connectivity index is 1.50. The molecule has 0 unspecified atom stereocenters. The van der Waals surface area contributed by atoms with Crippen LogP contribution in [0.2, 0.25) is 5.02 Å². The Bertz CT molecular complexity index is 1370. The topological polar surface area (TPSA) is 92.4 Å². The monoisotopic (exact) mass is 497 g/mol. The van der Waals surface area contributed by atoms with E-state index in [-0.39, 0.29) is 12.4 Å². The van der Waals surface area contributed by atoms with Gasteiger partial charge in [0.15, 0.2) is 5.82 Å². The predicted molar refractivity (Wildman–Crippen MR) is 134 cm³/mol. The number of H-pyrrole nitrogens is 1. The van der Waals surface area contributed by atoms with Crippen LogP contribution >= 0.6 is 11.6 Å². The van der Waals surface area contributed by atoms with Gasteiger partial charge in [-0.3, -0.25) is 4.90 Å². The molecule has 0 saturated heterocycles. The zero-order valence-electron chi connectivity index (χ0n) is 19.7. The van der Waals surface area contributed by atoms with Crippen LogP contribution in [0.1, 0.15) is 26.3 Å². The van der Waals surface area contributed by atoms with Gasteiger partial charge in [-0.05, 0) is 56.7 Å². The number of nitrogens with one attached hydrogen (secondary N) is 2. The number of aromatic amines is 1. The summed E-state index contributed by atoms with van der Waals surface area (Å²) in [6.45, 7) is 5.61. The molecule has 4 aromatic rings. The highest BCUT2D eigenvalue weighted by molar-refractivity contribution is 6.32. The molecule has 0 atom stereocenters. The van der Waals surface area contributed by atoms with Gasteiger partial charge in [0.2, 0.25) is 0 Å². The molecule has 2 aromatic heterocycles. The van der Waals surface area contributed by atoms with Crippen molar-refractivity contribution >= 4 is 46.1 Å². The number of hydrogen-bond acceptors (Lipinski definition) is 6. The maximum absolute atomic E-state index is 13.4. The molecule has 0 aliphatic heterocycles. The SMILES string of the molecule is CN(C(=O)OC(C)(C)C)c1cc2ncnc(Nc3ccc(OCc4cccc(F)c4)c(Cl)c3)c2[nH]1. The van der Waals surface area contributed by atoms with E-state index in [2.05, 4.69) is 20.3 Å². The number of fused-ring (bicyclic) bond motifs is 1. The van der Waals surface area contributed by atoms with Crippen molar-refractivity contribution in [1.29, 1.82) is 0 Å². The van der Waals surface area contributed by atoms with E-state index in [1.54, 1.807) is 64.2 Å². The van der Waals surface area contributed by atoms with E-state index in [0.29, 0.717) is 44.7 Å². The molecule has 8 nitrogen and oxygen atoms in total. The number of anilines is 3. The number of rotatable bonds is 6. The number of nitrogens with zero attached hydrogens (tertiary/aromatic N) is 3. The van der Waals surface area contributed by atoms with E-state index < -0.39 is 11.7 Å². The Morgan fingerprint density at radius 3 is 2.69 bits per heavy atom. The van der Waals surface area contributed by atoms with Gasteiger partial charge in [-0.2, -0.15) is 0 Å². The first-order chi connectivity index (χ1) is 16.6. The van der Waals surface area contributed by atoms with E-state index in [0.717, 1.165) is 0 Å². The number of aromatic nitrogens is 3. The average Bonchev–Trinajstić information content (AvgIpc) is 3.22. The van der Waals surface area contributed by atoms with Gasteiger partial charge < -0.3 is 19.8 Å². The molecule has 0 aliphatic rings. The second-order valence-corrected chi connectivity index (χ2v) is 9.27. The van der Waals surface area contributed by atoms with Crippen molar-refractivity contribution in [2.75, 3.05) is 17.3 Å². The predicted octanol–water partition coefficient (Wildman–Crippen LogP) is 6.44. The normalized spacial score (nSPS) is 11.4. The molecule has 2 aromatic carbocycles. The lowest BCUT2D eigenvalue weighted by molar-refractivity contribution is 0.0588. The smallest absolute Gasteiger partial charge is 0.415 e. The van der Waals surface area contributed by atoms with E-state index in [1.807, 2.05) is 0 Å². The molecule has 0 spiro atoms. The van der Waals surface area contributed by atoms with Crippen LogP contribution in [0.25, 0.3) is 11.0 Å². The number of carbonyl (C=O) groups is 1. The summed E-state index contributed by atoms with van der Waals surface area (Å²) in [6, 6.07) is 13.1. The molecule has 0 fully saturated rings. The maximum atomic E-state index is 13.4. The molecular formula is C25H25ClFN5O3. The Morgan fingerprint density at radius 2 is 1.97 bits per heavy atom.